The van der Waals surface area contributed by atoms with Gasteiger partial charge in [-0.25, -0.2) is 8.42 Å². The minimum absolute atomic E-state index is 0.260. The van der Waals surface area contributed by atoms with E-state index in [-0.39, 0.29) is 4.90 Å². The van der Waals surface area contributed by atoms with Crippen molar-refractivity contribution in [3.05, 3.63) is 46.2 Å². The number of aryl methyl sites for hydroxylation is 2. The van der Waals surface area contributed by atoms with E-state index >= 15 is 0 Å². The van der Waals surface area contributed by atoms with Crippen LogP contribution in [0, 0.1) is 13.8 Å². The Hall–Kier alpha value is -1.33. The van der Waals surface area contributed by atoms with E-state index in [4.69, 9.17) is 11.6 Å². The maximum absolute atomic E-state index is 11.8. The van der Waals surface area contributed by atoms with Crippen LogP contribution >= 0.6 is 11.6 Å². The molecule has 2 rings (SSSR count). The Labute approximate surface area is 117 Å². The van der Waals surface area contributed by atoms with Crippen LogP contribution in [0.2, 0.25) is 5.02 Å². The van der Waals surface area contributed by atoms with Crippen LogP contribution in [0.15, 0.2) is 29.4 Å². The Balaban J connectivity index is 2.57. The molecule has 0 aliphatic carbocycles. The second kappa shape index (κ2) is 4.98. The van der Waals surface area contributed by atoms with Crippen molar-refractivity contribution < 1.29 is 8.42 Å². The fourth-order valence-corrected chi connectivity index (χ4v) is 3.14. The van der Waals surface area contributed by atoms with Crippen LogP contribution in [0.3, 0.4) is 0 Å². The molecule has 0 amide bonds. The number of benzene rings is 1. The molecule has 0 bridgehead atoms. The molecular formula is C13H15ClN2O2S. The van der Waals surface area contributed by atoms with Crippen molar-refractivity contribution >= 4 is 21.4 Å². The van der Waals surface area contributed by atoms with Crippen LogP contribution in [-0.4, -0.2) is 24.5 Å². The number of sulfone groups is 1. The molecule has 0 aliphatic heterocycles. The van der Waals surface area contributed by atoms with Gasteiger partial charge in [0.25, 0.3) is 0 Å². The van der Waals surface area contributed by atoms with E-state index in [1.54, 1.807) is 23.0 Å². The third-order valence-corrected chi connectivity index (χ3v) is 4.58. The molecule has 0 saturated carbocycles. The van der Waals surface area contributed by atoms with Crippen molar-refractivity contribution in [2.24, 2.45) is 0 Å². The number of nitrogens with zero attached hydrogens (tertiary/aromatic N) is 2. The molecule has 1 heterocycles. The Morgan fingerprint density at radius 3 is 2.53 bits per heavy atom. The first-order chi connectivity index (χ1) is 8.79. The Morgan fingerprint density at radius 2 is 2.00 bits per heavy atom. The summed E-state index contributed by atoms with van der Waals surface area (Å²) in [4.78, 5) is 0.260. The van der Waals surface area contributed by atoms with E-state index in [1.165, 1.54) is 6.26 Å². The number of hydrogen-bond donors (Lipinski definition) is 0. The predicted octanol–water partition coefficient (Wildman–Crippen LogP) is 2.61. The summed E-state index contributed by atoms with van der Waals surface area (Å²) in [6, 6.07) is 3.32. The topological polar surface area (TPSA) is 52.0 Å². The normalized spacial score (nSPS) is 11.8. The van der Waals surface area contributed by atoms with Gasteiger partial charge in [-0.1, -0.05) is 17.7 Å². The molecule has 19 heavy (non-hydrogen) atoms. The van der Waals surface area contributed by atoms with Crippen molar-refractivity contribution in [2.75, 3.05) is 6.26 Å². The average Bonchev–Trinajstić information content (AvgIpc) is 2.69. The van der Waals surface area contributed by atoms with Gasteiger partial charge >= 0.3 is 0 Å². The first-order valence-electron chi connectivity index (χ1n) is 5.76. The van der Waals surface area contributed by atoms with Crippen molar-refractivity contribution in [3.8, 4) is 0 Å². The molecule has 0 atom stereocenters. The second-order valence-corrected chi connectivity index (χ2v) is 7.02. The SMILES string of the molecule is Cc1cnn(Cc2c(S(C)(=O)=O)ccc(C)c2Cl)c1. The molecule has 0 aliphatic rings. The van der Waals surface area contributed by atoms with Crippen LogP contribution in [0.25, 0.3) is 0 Å². The van der Waals surface area contributed by atoms with Crippen LogP contribution < -0.4 is 0 Å². The van der Waals surface area contributed by atoms with Crippen LogP contribution in [0.4, 0.5) is 0 Å². The number of halogens is 1. The molecule has 102 valence electrons. The average molecular weight is 299 g/mol. The predicted molar refractivity (Wildman–Crippen MR) is 75.4 cm³/mol. The zero-order valence-corrected chi connectivity index (χ0v) is 12.6. The van der Waals surface area contributed by atoms with Crippen LogP contribution in [-0.2, 0) is 16.4 Å². The van der Waals surface area contributed by atoms with Gasteiger partial charge in [-0.3, -0.25) is 4.68 Å². The van der Waals surface area contributed by atoms with Crippen molar-refractivity contribution in [1.29, 1.82) is 0 Å². The molecular weight excluding hydrogens is 284 g/mol. The second-order valence-electron chi connectivity index (χ2n) is 4.66. The number of hydrogen-bond acceptors (Lipinski definition) is 3. The lowest BCUT2D eigenvalue weighted by molar-refractivity contribution is 0.598. The quantitative estimate of drug-likeness (QED) is 0.875. The molecule has 6 heteroatoms. The zero-order chi connectivity index (χ0) is 14.2. The minimum atomic E-state index is -3.31. The van der Waals surface area contributed by atoms with E-state index < -0.39 is 9.84 Å². The molecule has 0 fully saturated rings. The lowest BCUT2D eigenvalue weighted by Gasteiger charge is -2.12. The Bertz CT molecular complexity index is 720. The third kappa shape index (κ3) is 2.98. The van der Waals surface area contributed by atoms with Gasteiger partial charge in [0.1, 0.15) is 0 Å². The van der Waals surface area contributed by atoms with Crippen molar-refractivity contribution in [3.63, 3.8) is 0 Å². The maximum atomic E-state index is 11.8. The fourth-order valence-electron chi connectivity index (χ4n) is 1.93. The lowest BCUT2D eigenvalue weighted by Crippen LogP contribution is -2.09. The van der Waals surface area contributed by atoms with E-state index in [0.29, 0.717) is 17.1 Å². The highest BCUT2D eigenvalue weighted by Crippen LogP contribution is 2.28. The highest BCUT2D eigenvalue weighted by Gasteiger charge is 2.18. The van der Waals surface area contributed by atoms with Gasteiger partial charge in [0.2, 0.25) is 0 Å². The van der Waals surface area contributed by atoms with Gasteiger partial charge in [0.05, 0.1) is 17.6 Å². The molecule has 0 spiro atoms. The first kappa shape index (κ1) is 14.1. The van der Waals surface area contributed by atoms with Crippen molar-refractivity contribution in [2.45, 2.75) is 25.3 Å². The van der Waals surface area contributed by atoms with Gasteiger partial charge in [-0.05, 0) is 31.0 Å². The summed E-state index contributed by atoms with van der Waals surface area (Å²) >= 11 is 6.26. The molecule has 4 nitrogen and oxygen atoms in total. The summed E-state index contributed by atoms with van der Waals surface area (Å²) in [5.74, 6) is 0. The molecule has 1 aromatic heterocycles. The van der Waals surface area contributed by atoms with Gasteiger partial charge in [-0.2, -0.15) is 5.10 Å². The highest BCUT2D eigenvalue weighted by molar-refractivity contribution is 7.90. The van der Waals surface area contributed by atoms with Gasteiger partial charge in [0.15, 0.2) is 9.84 Å². The Kier molecular flexibility index (Phi) is 3.69. The largest absolute Gasteiger partial charge is 0.268 e. The molecule has 0 unspecified atom stereocenters. The Morgan fingerprint density at radius 1 is 1.32 bits per heavy atom. The molecule has 2 aromatic rings. The third-order valence-electron chi connectivity index (χ3n) is 2.88. The van der Waals surface area contributed by atoms with Gasteiger partial charge in [0, 0.05) is 23.0 Å². The molecule has 0 radical (unpaired) electrons. The first-order valence-corrected chi connectivity index (χ1v) is 8.03. The van der Waals surface area contributed by atoms with Gasteiger partial charge in [-0.15, -0.1) is 0 Å². The monoisotopic (exact) mass is 298 g/mol. The number of aromatic nitrogens is 2. The smallest absolute Gasteiger partial charge is 0.175 e. The summed E-state index contributed by atoms with van der Waals surface area (Å²) in [7, 11) is -3.31. The standard InChI is InChI=1S/C13H15ClN2O2S/c1-9-6-15-16(7-9)8-11-12(19(3,17)18)5-4-10(2)13(11)14/h4-7H,8H2,1-3H3. The van der Waals surface area contributed by atoms with Crippen LogP contribution in [0.5, 0.6) is 0 Å². The van der Waals surface area contributed by atoms with Gasteiger partial charge < -0.3 is 0 Å². The van der Waals surface area contributed by atoms with E-state index in [9.17, 15) is 8.42 Å². The van der Waals surface area contributed by atoms with Crippen LogP contribution in [0.1, 0.15) is 16.7 Å². The zero-order valence-electron chi connectivity index (χ0n) is 11.0. The summed E-state index contributed by atoms with van der Waals surface area (Å²) in [5.41, 5.74) is 2.46. The summed E-state index contributed by atoms with van der Waals surface area (Å²) in [6.07, 6.45) is 4.76. The molecule has 0 saturated heterocycles. The lowest BCUT2D eigenvalue weighted by atomic mass is 10.1. The maximum Gasteiger partial charge on any atom is 0.175 e. The van der Waals surface area contributed by atoms with Crippen molar-refractivity contribution in [1.82, 2.24) is 9.78 Å². The van der Waals surface area contributed by atoms with E-state index in [1.807, 2.05) is 20.0 Å². The molecule has 1 aromatic carbocycles. The summed E-state index contributed by atoms with van der Waals surface area (Å²) in [6.45, 7) is 4.13. The fraction of sp³-hybridized carbons (Fsp3) is 0.308. The summed E-state index contributed by atoms with van der Waals surface area (Å²) in [5, 5.41) is 4.65. The molecule has 0 N–H and O–H groups in total. The minimum Gasteiger partial charge on any atom is -0.268 e. The summed E-state index contributed by atoms with van der Waals surface area (Å²) < 4.78 is 25.3. The highest BCUT2D eigenvalue weighted by atomic mass is 35.5. The van der Waals surface area contributed by atoms with E-state index in [2.05, 4.69) is 5.10 Å². The number of rotatable bonds is 3. The van der Waals surface area contributed by atoms with E-state index in [0.717, 1.165) is 11.1 Å².